The lowest BCUT2D eigenvalue weighted by Crippen LogP contribution is -2.08. The molecule has 0 aliphatic rings. The monoisotopic (exact) mass is 363 g/mol. The molecule has 2 heterocycles. The van der Waals surface area contributed by atoms with Gasteiger partial charge in [-0.25, -0.2) is 19.5 Å². The van der Waals surface area contributed by atoms with Crippen LogP contribution in [-0.4, -0.2) is 38.7 Å². The Balaban J connectivity index is 1.72. The van der Waals surface area contributed by atoms with Crippen LogP contribution >= 0.6 is 0 Å². The van der Waals surface area contributed by atoms with Crippen LogP contribution in [-0.2, 0) is 0 Å². The van der Waals surface area contributed by atoms with Crippen molar-refractivity contribution < 1.29 is 9.47 Å². The van der Waals surface area contributed by atoms with Gasteiger partial charge in [0.1, 0.15) is 17.8 Å². The summed E-state index contributed by atoms with van der Waals surface area (Å²) in [5.74, 6) is 2.32. The third-order valence-corrected chi connectivity index (χ3v) is 3.95. The summed E-state index contributed by atoms with van der Waals surface area (Å²) >= 11 is 0. The maximum Gasteiger partial charge on any atom is 0.241 e. The number of para-hydroxylation sites is 2. The van der Waals surface area contributed by atoms with Crippen molar-refractivity contribution in [2.24, 2.45) is 0 Å². The van der Waals surface area contributed by atoms with E-state index >= 15 is 0 Å². The number of nitrogens with two attached hydrogens (primary N) is 1. The summed E-state index contributed by atoms with van der Waals surface area (Å²) < 4.78 is 12.2. The third-order valence-electron chi connectivity index (χ3n) is 3.95. The fourth-order valence-electron chi connectivity index (χ4n) is 2.72. The highest BCUT2D eigenvalue weighted by atomic mass is 16.5. The zero-order chi connectivity index (χ0) is 18.8. The summed E-state index contributed by atoms with van der Waals surface area (Å²) in [6.07, 6.45) is 1.41. The second-order valence-electron chi connectivity index (χ2n) is 5.63. The highest BCUT2D eigenvalue weighted by Crippen LogP contribution is 2.27. The van der Waals surface area contributed by atoms with Gasteiger partial charge < -0.3 is 20.5 Å². The van der Waals surface area contributed by atoms with Crippen LogP contribution in [0.15, 0.2) is 48.8 Å². The summed E-state index contributed by atoms with van der Waals surface area (Å²) in [5.41, 5.74) is 8.36. The van der Waals surface area contributed by atoms with Gasteiger partial charge in [-0.2, -0.15) is 4.98 Å². The molecule has 0 saturated carbocycles. The lowest BCUT2D eigenvalue weighted by Gasteiger charge is -2.10. The van der Waals surface area contributed by atoms with Crippen molar-refractivity contribution in [2.75, 3.05) is 25.3 Å². The number of anilines is 3. The molecule has 0 unspecified atom stereocenters. The van der Waals surface area contributed by atoms with E-state index in [0.717, 1.165) is 11.0 Å². The van der Waals surface area contributed by atoms with Crippen molar-refractivity contribution in [2.45, 2.75) is 0 Å². The Kier molecular flexibility index (Phi) is 4.17. The topological polar surface area (TPSA) is 113 Å². The second kappa shape index (κ2) is 6.79. The van der Waals surface area contributed by atoms with Gasteiger partial charge >= 0.3 is 0 Å². The summed E-state index contributed by atoms with van der Waals surface area (Å²) in [6.45, 7) is 0. The Morgan fingerprint density at radius 2 is 1.70 bits per heavy atom. The number of ether oxygens (including phenoxy) is 2. The first-order chi connectivity index (χ1) is 13.2. The van der Waals surface area contributed by atoms with E-state index in [9.17, 15) is 0 Å². The van der Waals surface area contributed by atoms with Crippen molar-refractivity contribution in [3.63, 3.8) is 0 Å². The maximum atomic E-state index is 6.06. The molecular formula is C18H17N7O2. The van der Waals surface area contributed by atoms with Gasteiger partial charge in [-0.15, -0.1) is 0 Å². The Morgan fingerprint density at radius 3 is 2.44 bits per heavy atom. The molecule has 0 atom stereocenters. The summed E-state index contributed by atoms with van der Waals surface area (Å²) in [5, 5.41) is 3.13. The number of benzene rings is 2. The molecule has 0 aliphatic heterocycles. The average Bonchev–Trinajstić information content (AvgIpc) is 3.03. The number of nitrogens with zero attached hydrogens (tertiary/aromatic N) is 5. The minimum atomic E-state index is 0.302. The molecule has 4 aromatic rings. The van der Waals surface area contributed by atoms with Crippen molar-refractivity contribution in [3.8, 4) is 17.4 Å². The Hall–Kier alpha value is -3.88. The van der Waals surface area contributed by atoms with Gasteiger partial charge in [0.15, 0.2) is 0 Å². The lowest BCUT2D eigenvalue weighted by atomic mass is 10.3. The van der Waals surface area contributed by atoms with Crippen molar-refractivity contribution in [3.05, 3.63) is 48.8 Å². The van der Waals surface area contributed by atoms with E-state index in [1.54, 1.807) is 24.9 Å². The Morgan fingerprint density at radius 1 is 0.963 bits per heavy atom. The maximum absolute atomic E-state index is 6.06. The fourth-order valence-corrected chi connectivity index (χ4v) is 2.72. The molecular weight excluding hydrogens is 346 g/mol. The zero-order valence-electron chi connectivity index (χ0n) is 14.7. The van der Waals surface area contributed by atoms with Gasteiger partial charge in [-0.3, -0.25) is 0 Å². The third kappa shape index (κ3) is 3.17. The summed E-state index contributed by atoms with van der Waals surface area (Å²) in [7, 11) is 3.18. The minimum Gasteiger partial charge on any atom is -0.497 e. The summed E-state index contributed by atoms with van der Waals surface area (Å²) in [6, 6.07) is 13.0. The standard InChI is InChI=1S/C18H17N7O2/c1-26-12-7-11(8-13(9-12)27-2)22-17-20-10-21-18(24-17)25-15-6-4-3-5-14(15)23-16(25)19/h3-10H,1-2H3,(H2,19,23)(H,20,21,22,24). The summed E-state index contributed by atoms with van der Waals surface area (Å²) in [4.78, 5) is 17.2. The largest absolute Gasteiger partial charge is 0.497 e. The molecule has 0 spiro atoms. The fraction of sp³-hybridized carbons (Fsp3) is 0.111. The van der Waals surface area contributed by atoms with E-state index in [1.807, 2.05) is 36.4 Å². The molecule has 0 fully saturated rings. The smallest absolute Gasteiger partial charge is 0.241 e. The van der Waals surface area contributed by atoms with E-state index in [4.69, 9.17) is 15.2 Å². The number of hydrogen-bond donors (Lipinski definition) is 2. The average molecular weight is 363 g/mol. The SMILES string of the molecule is COc1cc(Nc2ncnc(-n3c(N)nc4ccccc43)n2)cc(OC)c1. The minimum absolute atomic E-state index is 0.302. The van der Waals surface area contributed by atoms with Crippen LogP contribution in [0.2, 0.25) is 0 Å². The highest BCUT2D eigenvalue weighted by Gasteiger charge is 2.13. The van der Waals surface area contributed by atoms with Gasteiger partial charge in [0.05, 0.1) is 25.3 Å². The van der Waals surface area contributed by atoms with Crippen LogP contribution in [0.1, 0.15) is 0 Å². The number of rotatable bonds is 5. The van der Waals surface area contributed by atoms with Gasteiger partial charge in [0, 0.05) is 23.9 Å². The van der Waals surface area contributed by atoms with Crippen molar-refractivity contribution >= 4 is 28.6 Å². The molecule has 0 aliphatic carbocycles. The molecule has 0 bridgehead atoms. The van der Waals surface area contributed by atoms with Crippen LogP contribution in [0.25, 0.3) is 17.0 Å². The number of imidazole rings is 1. The molecule has 4 rings (SSSR count). The van der Waals surface area contributed by atoms with E-state index in [2.05, 4.69) is 25.3 Å². The highest BCUT2D eigenvalue weighted by molar-refractivity contribution is 5.80. The van der Waals surface area contributed by atoms with Gasteiger partial charge in [-0.1, -0.05) is 12.1 Å². The number of nitrogens with one attached hydrogen (secondary N) is 1. The van der Waals surface area contributed by atoms with Crippen molar-refractivity contribution in [1.82, 2.24) is 24.5 Å². The Bertz CT molecular complexity index is 1090. The first kappa shape index (κ1) is 16.6. The van der Waals surface area contributed by atoms with E-state index in [0.29, 0.717) is 35.0 Å². The molecule has 0 saturated heterocycles. The van der Waals surface area contributed by atoms with Crippen LogP contribution in [0.3, 0.4) is 0 Å². The first-order valence-electron chi connectivity index (χ1n) is 8.10. The van der Waals surface area contributed by atoms with Gasteiger partial charge in [0.25, 0.3) is 0 Å². The van der Waals surface area contributed by atoms with Gasteiger partial charge in [0.2, 0.25) is 17.8 Å². The zero-order valence-corrected chi connectivity index (χ0v) is 14.7. The van der Waals surface area contributed by atoms with Gasteiger partial charge in [-0.05, 0) is 12.1 Å². The molecule has 136 valence electrons. The predicted molar refractivity (Wildman–Crippen MR) is 102 cm³/mol. The van der Waals surface area contributed by atoms with E-state index in [-0.39, 0.29) is 0 Å². The molecule has 3 N–H and O–H groups in total. The number of hydrogen-bond acceptors (Lipinski definition) is 8. The molecule has 27 heavy (non-hydrogen) atoms. The van der Waals surface area contributed by atoms with Crippen LogP contribution in [0.5, 0.6) is 11.5 Å². The number of fused-ring (bicyclic) bond motifs is 1. The number of nitrogen functional groups attached to an aromatic ring is 1. The van der Waals surface area contributed by atoms with E-state index in [1.165, 1.54) is 6.33 Å². The lowest BCUT2D eigenvalue weighted by molar-refractivity contribution is 0.395. The second-order valence-corrected chi connectivity index (χ2v) is 5.63. The number of aromatic nitrogens is 5. The molecule has 0 radical (unpaired) electrons. The van der Waals surface area contributed by atoms with Crippen LogP contribution in [0, 0.1) is 0 Å². The molecule has 0 amide bonds. The van der Waals surface area contributed by atoms with Crippen molar-refractivity contribution in [1.29, 1.82) is 0 Å². The van der Waals surface area contributed by atoms with E-state index < -0.39 is 0 Å². The molecule has 2 aromatic carbocycles. The van der Waals surface area contributed by atoms with Crippen LogP contribution in [0.4, 0.5) is 17.6 Å². The molecule has 9 heteroatoms. The first-order valence-corrected chi connectivity index (χ1v) is 8.10. The number of methoxy groups -OCH3 is 2. The Labute approximate surface area is 154 Å². The molecule has 2 aromatic heterocycles. The van der Waals surface area contributed by atoms with Crippen LogP contribution < -0.4 is 20.5 Å². The normalized spacial score (nSPS) is 10.7. The molecule has 9 nitrogen and oxygen atoms in total. The quantitative estimate of drug-likeness (QED) is 0.556. The predicted octanol–water partition coefficient (Wildman–Crippen LogP) is 2.55.